The van der Waals surface area contributed by atoms with Crippen molar-refractivity contribution in [2.75, 3.05) is 0 Å². The van der Waals surface area contributed by atoms with Gasteiger partial charge in [0.25, 0.3) is 5.91 Å². The molecule has 5 heteroatoms. The molecule has 0 unspecified atom stereocenters. The van der Waals surface area contributed by atoms with Crippen LogP contribution in [0.25, 0.3) is 0 Å². The summed E-state index contributed by atoms with van der Waals surface area (Å²) in [6.07, 6.45) is 1.42. The van der Waals surface area contributed by atoms with Crippen LogP contribution in [0.4, 0.5) is 0 Å². The normalized spacial score (nSPS) is 8.85. The Kier molecular flexibility index (Phi) is 2.36. The van der Waals surface area contributed by atoms with Gasteiger partial charge in [-0.25, -0.2) is 0 Å². The lowest BCUT2D eigenvalue weighted by molar-refractivity contribution is 0.0969. The van der Waals surface area contributed by atoms with E-state index >= 15 is 0 Å². The minimum Gasteiger partial charge on any atom is -0.504 e. The topological polar surface area (TPSA) is 93.4 Å². The van der Waals surface area contributed by atoms with Gasteiger partial charge in [0.1, 0.15) is 0 Å². The van der Waals surface area contributed by atoms with E-state index in [9.17, 15) is 9.90 Å². The van der Waals surface area contributed by atoms with Gasteiger partial charge in [0.2, 0.25) is 0 Å². The quantitative estimate of drug-likeness (QED) is 0.327. The maximum Gasteiger partial charge on any atom is 0.268 e. The molecule has 1 amide bonds. The molecule has 0 saturated carbocycles. The maximum atomic E-state index is 11.0. The number of rotatable bonds is 1. The van der Waals surface area contributed by atoms with E-state index in [1.54, 1.807) is 0 Å². The van der Waals surface area contributed by atoms with Crippen molar-refractivity contribution in [2.45, 2.75) is 0 Å². The van der Waals surface area contributed by atoms with Crippen molar-refractivity contribution in [3.05, 3.63) is 23.8 Å². The van der Waals surface area contributed by atoms with Crippen LogP contribution in [0.5, 0.6) is 11.5 Å². The van der Waals surface area contributed by atoms with Gasteiger partial charge in [0.15, 0.2) is 17.7 Å². The van der Waals surface area contributed by atoms with Crippen LogP contribution >= 0.6 is 0 Å². The molecular formula is C8H6N2O3. The van der Waals surface area contributed by atoms with Crippen LogP contribution in [0.1, 0.15) is 10.4 Å². The van der Waals surface area contributed by atoms with Gasteiger partial charge in [0.05, 0.1) is 5.56 Å². The Morgan fingerprint density at radius 3 is 2.77 bits per heavy atom. The Morgan fingerprint density at radius 1 is 1.46 bits per heavy atom. The number of nitrogens with one attached hydrogen (secondary N) is 1. The molecule has 0 atom stereocenters. The molecule has 0 aliphatic rings. The molecule has 0 aromatic heterocycles. The number of phenols is 2. The largest absolute Gasteiger partial charge is 0.504 e. The van der Waals surface area contributed by atoms with E-state index in [-0.39, 0.29) is 5.56 Å². The highest BCUT2D eigenvalue weighted by Crippen LogP contribution is 2.27. The van der Waals surface area contributed by atoms with Crippen molar-refractivity contribution < 1.29 is 15.0 Å². The minimum absolute atomic E-state index is 0.137. The fraction of sp³-hybridized carbons (Fsp3) is 0. The van der Waals surface area contributed by atoms with Crippen molar-refractivity contribution >= 4 is 5.91 Å². The van der Waals surface area contributed by atoms with Gasteiger partial charge in [-0.1, -0.05) is 6.07 Å². The van der Waals surface area contributed by atoms with Gasteiger partial charge >= 0.3 is 0 Å². The number of nitriles is 1. The molecule has 0 fully saturated rings. The monoisotopic (exact) mass is 178 g/mol. The number of carbonyl (C=O) groups excluding carboxylic acids is 1. The Bertz CT molecular complexity index is 381. The molecule has 0 bridgehead atoms. The Labute approximate surface area is 73.9 Å². The zero-order chi connectivity index (χ0) is 9.84. The SMILES string of the molecule is N#CNC(=O)c1cccc(O)c1O. The molecule has 1 aromatic carbocycles. The van der Waals surface area contributed by atoms with Crippen LogP contribution in [0.15, 0.2) is 18.2 Å². The summed E-state index contributed by atoms with van der Waals surface area (Å²) in [4.78, 5) is 11.0. The van der Waals surface area contributed by atoms with E-state index in [0.717, 1.165) is 0 Å². The standard InChI is InChI=1S/C8H6N2O3/c9-4-10-8(13)5-2-1-3-6(11)7(5)12/h1-3,11-12H,(H,10,13). The zero-order valence-corrected chi connectivity index (χ0v) is 6.48. The molecule has 0 aliphatic heterocycles. The Morgan fingerprint density at radius 2 is 2.15 bits per heavy atom. The van der Waals surface area contributed by atoms with Crippen LogP contribution in [-0.2, 0) is 0 Å². The van der Waals surface area contributed by atoms with Crippen molar-refractivity contribution in [1.29, 1.82) is 5.26 Å². The molecule has 66 valence electrons. The van der Waals surface area contributed by atoms with Crippen molar-refractivity contribution in [2.24, 2.45) is 0 Å². The molecule has 0 saturated heterocycles. The number of phenolic OH excluding ortho intramolecular Hbond substituents is 2. The number of carbonyl (C=O) groups is 1. The molecule has 0 heterocycles. The number of benzene rings is 1. The number of aromatic hydroxyl groups is 2. The van der Waals surface area contributed by atoms with Crippen molar-refractivity contribution in [3.63, 3.8) is 0 Å². The molecule has 1 rings (SSSR count). The summed E-state index contributed by atoms with van der Waals surface area (Å²) in [5, 5.41) is 28.1. The minimum atomic E-state index is -0.754. The lowest BCUT2D eigenvalue weighted by Gasteiger charge is -2.02. The summed E-state index contributed by atoms with van der Waals surface area (Å²) in [6, 6.07) is 3.92. The number of hydrogen-bond acceptors (Lipinski definition) is 4. The fourth-order valence-corrected chi connectivity index (χ4v) is 0.833. The summed E-state index contributed by atoms with van der Waals surface area (Å²) in [7, 11) is 0. The average molecular weight is 178 g/mol. The Balaban J connectivity index is 3.09. The average Bonchev–Trinajstić information content (AvgIpc) is 2.10. The number of hydrogen-bond donors (Lipinski definition) is 3. The third-order valence-electron chi connectivity index (χ3n) is 1.43. The molecule has 5 nitrogen and oxygen atoms in total. The predicted octanol–water partition coefficient (Wildman–Crippen LogP) is 0.309. The summed E-state index contributed by atoms with van der Waals surface area (Å²) < 4.78 is 0. The first-order valence-electron chi connectivity index (χ1n) is 3.37. The third kappa shape index (κ3) is 1.68. The van der Waals surface area contributed by atoms with Crippen LogP contribution in [0.2, 0.25) is 0 Å². The molecule has 13 heavy (non-hydrogen) atoms. The van der Waals surface area contributed by atoms with Crippen molar-refractivity contribution in [1.82, 2.24) is 5.32 Å². The number of para-hydroxylation sites is 1. The predicted molar refractivity (Wildman–Crippen MR) is 42.9 cm³/mol. The zero-order valence-electron chi connectivity index (χ0n) is 6.48. The van der Waals surface area contributed by atoms with Crippen LogP contribution in [-0.4, -0.2) is 16.1 Å². The van der Waals surface area contributed by atoms with Crippen LogP contribution < -0.4 is 5.32 Å². The van der Waals surface area contributed by atoms with Gasteiger partial charge in [-0.3, -0.25) is 10.1 Å². The molecular weight excluding hydrogens is 172 g/mol. The van der Waals surface area contributed by atoms with E-state index in [2.05, 4.69) is 0 Å². The summed E-state index contributed by atoms with van der Waals surface area (Å²) in [6.45, 7) is 0. The summed E-state index contributed by atoms with van der Waals surface area (Å²) >= 11 is 0. The van der Waals surface area contributed by atoms with E-state index in [1.165, 1.54) is 24.4 Å². The number of amides is 1. The summed E-state index contributed by atoms with van der Waals surface area (Å²) in [5.41, 5.74) is -0.137. The second-order valence-electron chi connectivity index (χ2n) is 2.24. The number of nitrogens with zero attached hydrogens (tertiary/aromatic N) is 1. The summed E-state index contributed by atoms with van der Waals surface area (Å²) in [5.74, 6) is -1.68. The highest BCUT2D eigenvalue weighted by Gasteiger charge is 2.12. The highest BCUT2D eigenvalue weighted by molar-refractivity contribution is 5.98. The first kappa shape index (κ1) is 8.87. The maximum absolute atomic E-state index is 11.0. The lowest BCUT2D eigenvalue weighted by Crippen LogP contribution is -2.17. The van der Waals surface area contributed by atoms with Gasteiger partial charge in [0, 0.05) is 0 Å². The van der Waals surface area contributed by atoms with Crippen LogP contribution in [0.3, 0.4) is 0 Å². The van der Waals surface area contributed by atoms with E-state index in [0.29, 0.717) is 0 Å². The molecule has 0 radical (unpaired) electrons. The smallest absolute Gasteiger partial charge is 0.268 e. The lowest BCUT2D eigenvalue weighted by atomic mass is 10.2. The molecule has 3 N–H and O–H groups in total. The molecule has 0 spiro atoms. The van der Waals surface area contributed by atoms with Gasteiger partial charge < -0.3 is 10.2 Å². The first-order valence-corrected chi connectivity index (χ1v) is 3.37. The van der Waals surface area contributed by atoms with Gasteiger partial charge in [-0.05, 0) is 12.1 Å². The van der Waals surface area contributed by atoms with E-state index in [4.69, 9.17) is 10.4 Å². The Hall–Kier alpha value is -2.22. The fourth-order valence-electron chi connectivity index (χ4n) is 0.833. The highest BCUT2D eigenvalue weighted by atomic mass is 16.3. The molecule has 0 aliphatic carbocycles. The van der Waals surface area contributed by atoms with Crippen molar-refractivity contribution in [3.8, 4) is 17.7 Å². The first-order chi connectivity index (χ1) is 6.16. The van der Waals surface area contributed by atoms with Gasteiger partial charge in [-0.15, -0.1) is 0 Å². The van der Waals surface area contributed by atoms with E-state index < -0.39 is 17.4 Å². The van der Waals surface area contributed by atoms with E-state index in [1.807, 2.05) is 5.32 Å². The van der Waals surface area contributed by atoms with Gasteiger partial charge in [-0.2, -0.15) is 5.26 Å². The second kappa shape index (κ2) is 3.45. The van der Waals surface area contributed by atoms with Crippen LogP contribution in [0, 0.1) is 11.5 Å². The third-order valence-corrected chi connectivity index (χ3v) is 1.43. The second-order valence-corrected chi connectivity index (χ2v) is 2.24. The molecule has 1 aromatic rings.